The SMILES string of the molecule is CC[C@H](C=O)[C@H](C)O[Si](C)(C)C(C)(C)C. The van der Waals surface area contributed by atoms with Gasteiger partial charge in [-0.3, -0.25) is 0 Å². The summed E-state index contributed by atoms with van der Waals surface area (Å²) in [7, 11) is -1.72. The third kappa shape index (κ3) is 4.07. The average Bonchev–Trinajstić information content (AvgIpc) is 2.03. The number of carbonyl (C=O) groups is 1. The van der Waals surface area contributed by atoms with E-state index in [0.717, 1.165) is 12.7 Å². The minimum Gasteiger partial charge on any atom is -0.414 e. The van der Waals surface area contributed by atoms with Gasteiger partial charge in [-0.15, -0.1) is 0 Å². The van der Waals surface area contributed by atoms with Crippen LogP contribution in [0, 0.1) is 5.92 Å². The Morgan fingerprint density at radius 2 is 1.80 bits per heavy atom. The fraction of sp³-hybridized carbons (Fsp3) is 0.917. The van der Waals surface area contributed by atoms with Crippen LogP contribution in [-0.4, -0.2) is 20.7 Å². The van der Waals surface area contributed by atoms with E-state index in [1.54, 1.807) is 0 Å². The molecular weight excluding hydrogens is 204 g/mol. The summed E-state index contributed by atoms with van der Waals surface area (Å²) in [5.41, 5.74) is 0. The number of aldehydes is 1. The van der Waals surface area contributed by atoms with Crippen LogP contribution in [0.4, 0.5) is 0 Å². The van der Waals surface area contributed by atoms with Gasteiger partial charge in [0.05, 0.1) is 6.10 Å². The maximum atomic E-state index is 10.8. The van der Waals surface area contributed by atoms with E-state index in [1.807, 2.05) is 13.8 Å². The lowest BCUT2D eigenvalue weighted by Gasteiger charge is -2.39. The molecule has 3 heteroatoms. The molecule has 0 aromatic heterocycles. The van der Waals surface area contributed by atoms with Gasteiger partial charge in [0.15, 0.2) is 8.32 Å². The molecule has 0 aliphatic heterocycles. The lowest BCUT2D eigenvalue weighted by Crippen LogP contribution is -2.45. The second kappa shape index (κ2) is 5.26. The van der Waals surface area contributed by atoms with Crippen molar-refractivity contribution in [3.05, 3.63) is 0 Å². The lowest BCUT2D eigenvalue weighted by atomic mass is 10.0. The lowest BCUT2D eigenvalue weighted by molar-refractivity contribution is -0.113. The molecule has 2 nitrogen and oxygen atoms in total. The largest absolute Gasteiger partial charge is 0.414 e. The Balaban J connectivity index is 4.52. The third-order valence-electron chi connectivity index (χ3n) is 3.54. The first-order valence-electron chi connectivity index (χ1n) is 5.78. The van der Waals surface area contributed by atoms with Gasteiger partial charge in [0.2, 0.25) is 0 Å². The zero-order chi connectivity index (χ0) is 12.3. The quantitative estimate of drug-likeness (QED) is 0.532. The molecule has 0 heterocycles. The first-order valence-corrected chi connectivity index (χ1v) is 8.69. The molecule has 0 saturated heterocycles. The minimum absolute atomic E-state index is 0.0409. The second-order valence-electron chi connectivity index (χ2n) is 5.79. The van der Waals surface area contributed by atoms with Crippen LogP contribution in [-0.2, 0) is 9.22 Å². The summed E-state index contributed by atoms with van der Waals surface area (Å²) in [4.78, 5) is 10.8. The Hall–Kier alpha value is -0.153. The fourth-order valence-electron chi connectivity index (χ4n) is 1.27. The molecule has 0 spiro atoms. The molecular formula is C12H26O2Si. The molecule has 90 valence electrons. The van der Waals surface area contributed by atoms with Gasteiger partial charge < -0.3 is 9.22 Å². The highest BCUT2D eigenvalue weighted by Crippen LogP contribution is 2.38. The normalized spacial score (nSPS) is 17.3. The number of hydrogen-bond donors (Lipinski definition) is 0. The van der Waals surface area contributed by atoms with Crippen LogP contribution in [0.15, 0.2) is 0 Å². The maximum Gasteiger partial charge on any atom is 0.192 e. The van der Waals surface area contributed by atoms with Crippen molar-refractivity contribution in [2.45, 2.75) is 65.3 Å². The van der Waals surface area contributed by atoms with E-state index in [4.69, 9.17) is 4.43 Å². The molecule has 0 aliphatic carbocycles. The van der Waals surface area contributed by atoms with Gasteiger partial charge >= 0.3 is 0 Å². The fourth-order valence-corrected chi connectivity index (χ4v) is 2.73. The van der Waals surface area contributed by atoms with Gasteiger partial charge in [0.25, 0.3) is 0 Å². The summed E-state index contributed by atoms with van der Waals surface area (Å²) >= 11 is 0. The predicted molar refractivity (Wildman–Crippen MR) is 67.6 cm³/mol. The van der Waals surface area contributed by atoms with Gasteiger partial charge in [-0.1, -0.05) is 27.7 Å². The molecule has 0 fully saturated rings. The first-order chi connectivity index (χ1) is 6.65. The van der Waals surface area contributed by atoms with E-state index in [2.05, 4.69) is 33.9 Å². The molecule has 15 heavy (non-hydrogen) atoms. The van der Waals surface area contributed by atoms with Gasteiger partial charge in [-0.25, -0.2) is 0 Å². The molecule has 0 saturated carbocycles. The van der Waals surface area contributed by atoms with Crippen LogP contribution in [0.1, 0.15) is 41.0 Å². The zero-order valence-electron chi connectivity index (χ0n) is 11.3. The Morgan fingerprint density at radius 3 is 2.07 bits per heavy atom. The first kappa shape index (κ1) is 14.8. The van der Waals surface area contributed by atoms with Crippen molar-refractivity contribution < 1.29 is 9.22 Å². The number of carbonyl (C=O) groups excluding carboxylic acids is 1. The topological polar surface area (TPSA) is 26.3 Å². The zero-order valence-corrected chi connectivity index (χ0v) is 12.3. The summed E-state index contributed by atoms with van der Waals surface area (Å²) in [5, 5.41) is 0.211. The van der Waals surface area contributed by atoms with Crippen molar-refractivity contribution in [1.29, 1.82) is 0 Å². The maximum absolute atomic E-state index is 10.8. The van der Waals surface area contributed by atoms with Crippen LogP contribution in [0.3, 0.4) is 0 Å². The molecule has 0 rings (SSSR count). The summed E-state index contributed by atoms with van der Waals surface area (Å²) < 4.78 is 6.15. The highest BCUT2D eigenvalue weighted by molar-refractivity contribution is 6.74. The van der Waals surface area contributed by atoms with Crippen molar-refractivity contribution >= 4 is 14.6 Å². The Kier molecular flexibility index (Phi) is 5.20. The van der Waals surface area contributed by atoms with E-state index >= 15 is 0 Å². The Labute approximate surface area is 95.5 Å². The third-order valence-corrected chi connectivity index (χ3v) is 8.11. The van der Waals surface area contributed by atoms with Crippen molar-refractivity contribution in [2.24, 2.45) is 5.92 Å². The van der Waals surface area contributed by atoms with E-state index in [-0.39, 0.29) is 17.1 Å². The van der Waals surface area contributed by atoms with E-state index < -0.39 is 8.32 Å². The molecule has 0 aromatic rings. The molecule has 0 aliphatic rings. The van der Waals surface area contributed by atoms with Crippen molar-refractivity contribution in [3.63, 3.8) is 0 Å². The number of hydrogen-bond acceptors (Lipinski definition) is 2. The van der Waals surface area contributed by atoms with Crippen LogP contribution < -0.4 is 0 Å². The van der Waals surface area contributed by atoms with Gasteiger partial charge in [0.1, 0.15) is 6.29 Å². The van der Waals surface area contributed by atoms with E-state index in [0.29, 0.717) is 0 Å². The van der Waals surface area contributed by atoms with Crippen LogP contribution >= 0.6 is 0 Å². The summed E-state index contributed by atoms with van der Waals surface area (Å²) in [6.45, 7) is 15.1. The standard InChI is InChI=1S/C12H26O2Si/c1-8-11(9-13)10(2)14-15(6,7)12(3,4)5/h9-11H,8H2,1-7H3/t10-,11+/m0/s1. The van der Waals surface area contributed by atoms with Crippen molar-refractivity contribution in [2.75, 3.05) is 0 Å². The van der Waals surface area contributed by atoms with Gasteiger partial charge in [-0.05, 0) is 31.5 Å². The van der Waals surface area contributed by atoms with E-state index in [1.165, 1.54) is 0 Å². The molecule has 0 amide bonds. The summed E-state index contributed by atoms with van der Waals surface area (Å²) in [5.74, 6) is 0.0409. The van der Waals surface area contributed by atoms with Crippen molar-refractivity contribution in [1.82, 2.24) is 0 Å². The minimum atomic E-state index is -1.72. The Bertz CT molecular complexity index is 206. The van der Waals surface area contributed by atoms with Crippen LogP contribution in [0.25, 0.3) is 0 Å². The van der Waals surface area contributed by atoms with E-state index in [9.17, 15) is 4.79 Å². The van der Waals surface area contributed by atoms with Gasteiger partial charge in [0, 0.05) is 5.92 Å². The highest BCUT2D eigenvalue weighted by atomic mass is 28.4. The molecule has 0 radical (unpaired) electrons. The average molecular weight is 230 g/mol. The van der Waals surface area contributed by atoms with Crippen molar-refractivity contribution in [3.8, 4) is 0 Å². The van der Waals surface area contributed by atoms with Crippen LogP contribution in [0.2, 0.25) is 18.1 Å². The molecule has 0 bridgehead atoms. The molecule has 2 atom stereocenters. The monoisotopic (exact) mass is 230 g/mol. The second-order valence-corrected chi connectivity index (χ2v) is 10.5. The van der Waals surface area contributed by atoms with Crippen LogP contribution in [0.5, 0.6) is 0 Å². The molecule has 0 unspecified atom stereocenters. The summed E-state index contributed by atoms with van der Waals surface area (Å²) in [6, 6.07) is 0. The molecule has 0 aromatic carbocycles. The smallest absolute Gasteiger partial charge is 0.192 e. The van der Waals surface area contributed by atoms with Gasteiger partial charge in [-0.2, -0.15) is 0 Å². The molecule has 0 N–H and O–H groups in total. The summed E-state index contributed by atoms with van der Waals surface area (Å²) in [6.07, 6.45) is 1.94. The predicted octanol–water partition coefficient (Wildman–Crippen LogP) is 3.62. The Morgan fingerprint density at radius 1 is 1.33 bits per heavy atom. The highest BCUT2D eigenvalue weighted by Gasteiger charge is 2.39. The number of rotatable bonds is 5.